The summed E-state index contributed by atoms with van der Waals surface area (Å²) in [5, 5.41) is 9.61. The van der Waals surface area contributed by atoms with Crippen molar-refractivity contribution in [3.63, 3.8) is 0 Å². The number of phenols is 1. The molecule has 2 aromatic rings. The van der Waals surface area contributed by atoms with E-state index in [0.29, 0.717) is 12.4 Å². The number of fused-ring (bicyclic) bond motifs is 1. The molecule has 29 heavy (non-hydrogen) atoms. The summed E-state index contributed by atoms with van der Waals surface area (Å²) in [7, 11) is 2.17. The van der Waals surface area contributed by atoms with Gasteiger partial charge in [0.15, 0.2) is 0 Å². The van der Waals surface area contributed by atoms with E-state index in [1.165, 1.54) is 0 Å². The topological polar surface area (TPSA) is 84.8 Å². The number of aromatic nitrogens is 2. The zero-order valence-corrected chi connectivity index (χ0v) is 17.7. The van der Waals surface area contributed by atoms with Crippen molar-refractivity contribution in [2.45, 2.75) is 57.2 Å². The predicted molar refractivity (Wildman–Crippen MR) is 111 cm³/mol. The van der Waals surface area contributed by atoms with E-state index in [4.69, 9.17) is 9.72 Å². The number of piperidine rings is 1. The smallest absolute Gasteiger partial charge is 0.293 e. The average Bonchev–Trinajstić information content (AvgIpc) is 3.07. The second-order valence-electron chi connectivity index (χ2n) is 8.99. The Kier molecular flexibility index (Phi) is 6.39. The molecule has 3 heterocycles. The maximum Gasteiger partial charge on any atom is 0.293 e. The Morgan fingerprint density at radius 2 is 2.00 bits per heavy atom. The van der Waals surface area contributed by atoms with Gasteiger partial charge in [0.25, 0.3) is 6.47 Å². The van der Waals surface area contributed by atoms with E-state index < -0.39 is 0 Å². The molecule has 7 nitrogen and oxygen atoms in total. The minimum absolute atomic E-state index is 0.0344. The number of likely N-dealkylation sites (tertiary alicyclic amines) is 1. The number of benzene rings is 1. The van der Waals surface area contributed by atoms with Gasteiger partial charge >= 0.3 is 0 Å². The highest BCUT2D eigenvalue weighted by Gasteiger charge is 2.43. The molecule has 2 fully saturated rings. The lowest BCUT2D eigenvalue weighted by molar-refractivity contribution is -0.138. The predicted octanol–water partition coefficient (Wildman–Crippen LogP) is 3.26. The highest BCUT2D eigenvalue weighted by molar-refractivity contribution is 5.75. The largest absolute Gasteiger partial charge is 0.508 e. The summed E-state index contributed by atoms with van der Waals surface area (Å²) >= 11 is 0. The number of hydrogen-bond acceptors (Lipinski definition) is 7. The fraction of sp³-hybridized carbons (Fsp3) is 0.591. The van der Waals surface area contributed by atoms with Gasteiger partial charge in [-0.15, -0.1) is 0 Å². The lowest BCUT2D eigenvalue weighted by atomic mass is 9.84. The molecule has 0 saturated carbocycles. The van der Waals surface area contributed by atoms with Crippen LogP contribution < -0.4 is 0 Å². The van der Waals surface area contributed by atoms with Gasteiger partial charge in [0, 0.05) is 31.3 Å². The second-order valence-corrected chi connectivity index (χ2v) is 8.99. The summed E-state index contributed by atoms with van der Waals surface area (Å²) in [5.74, 6) is 0.538. The number of carbonyl (C=O) groups excluding carboxylic acids is 1. The van der Waals surface area contributed by atoms with Crippen LogP contribution in [-0.2, 0) is 14.3 Å². The molecule has 2 aliphatic rings. The zero-order valence-electron chi connectivity index (χ0n) is 17.7. The van der Waals surface area contributed by atoms with Crippen LogP contribution in [0.5, 0.6) is 5.75 Å². The molecule has 4 rings (SSSR count). The molecule has 1 N–H and O–H groups in total. The van der Waals surface area contributed by atoms with Crippen molar-refractivity contribution >= 4 is 17.5 Å². The quantitative estimate of drug-likeness (QED) is 0.773. The van der Waals surface area contributed by atoms with Crippen LogP contribution in [0, 0.1) is 0 Å². The standard InChI is InChI=1S/C17H21N3O2.C5H10O2/c1-20-6-4-17(5-7-20)9-12(11-22-17)16-10-18-14-3-2-13(21)8-15(14)19-16;1-5(2,3)7-4-6/h2-3,8,10,12,21H,4-7,9,11H2,1H3;4H,1-3H3. The molecule has 1 unspecified atom stereocenters. The number of hydrogen-bond donors (Lipinski definition) is 1. The summed E-state index contributed by atoms with van der Waals surface area (Å²) in [4.78, 5) is 21.1. The van der Waals surface area contributed by atoms with Crippen molar-refractivity contribution in [1.29, 1.82) is 0 Å². The number of ether oxygens (including phenoxy) is 2. The fourth-order valence-corrected chi connectivity index (χ4v) is 3.76. The van der Waals surface area contributed by atoms with Gasteiger partial charge in [-0.25, -0.2) is 4.98 Å². The maximum atomic E-state index is 9.61. The molecule has 1 aromatic carbocycles. The van der Waals surface area contributed by atoms with Crippen LogP contribution >= 0.6 is 0 Å². The van der Waals surface area contributed by atoms with Gasteiger partial charge in [-0.1, -0.05) is 0 Å². The monoisotopic (exact) mass is 401 g/mol. The summed E-state index contributed by atoms with van der Waals surface area (Å²) in [6.45, 7) is 8.85. The van der Waals surface area contributed by atoms with Gasteiger partial charge in [0.05, 0.1) is 28.9 Å². The van der Waals surface area contributed by atoms with Crippen molar-refractivity contribution in [3.8, 4) is 5.75 Å². The van der Waals surface area contributed by atoms with E-state index in [0.717, 1.165) is 55.7 Å². The molecule has 0 radical (unpaired) electrons. The van der Waals surface area contributed by atoms with E-state index in [2.05, 4.69) is 21.7 Å². The van der Waals surface area contributed by atoms with Crippen LogP contribution in [0.4, 0.5) is 0 Å². The summed E-state index contributed by atoms with van der Waals surface area (Å²) < 4.78 is 10.7. The van der Waals surface area contributed by atoms with Crippen LogP contribution in [0.2, 0.25) is 0 Å². The Hall–Kier alpha value is -2.25. The summed E-state index contributed by atoms with van der Waals surface area (Å²) in [6.07, 6.45) is 5.09. The molecule has 1 atom stereocenters. The lowest BCUT2D eigenvalue weighted by Crippen LogP contribution is -2.42. The molecule has 2 aliphatic heterocycles. The molecule has 0 aliphatic carbocycles. The van der Waals surface area contributed by atoms with Gasteiger partial charge in [-0.05, 0) is 59.2 Å². The molecule has 7 heteroatoms. The first-order chi connectivity index (χ1) is 13.7. The molecule has 158 valence electrons. The molecule has 0 amide bonds. The Balaban J connectivity index is 0.000000298. The van der Waals surface area contributed by atoms with Gasteiger partial charge in [0.1, 0.15) is 11.4 Å². The first kappa shape index (κ1) is 21.5. The van der Waals surface area contributed by atoms with Crippen molar-refractivity contribution in [1.82, 2.24) is 14.9 Å². The number of phenolic OH excluding ortho intramolecular Hbond substituents is 1. The highest BCUT2D eigenvalue weighted by atomic mass is 16.5. The average molecular weight is 402 g/mol. The number of rotatable bonds is 2. The third-order valence-electron chi connectivity index (χ3n) is 5.47. The normalized spacial score (nSPS) is 21.6. The van der Waals surface area contributed by atoms with Crippen LogP contribution in [0.25, 0.3) is 11.0 Å². The molecule has 2 saturated heterocycles. The van der Waals surface area contributed by atoms with Crippen LogP contribution in [-0.4, -0.2) is 64.4 Å². The van der Waals surface area contributed by atoms with Gasteiger partial charge in [0.2, 0.25) is 0 Å². The lowest BCUT2D eigenvalue weighted by Gasteiger charge is -2.37. The maximum absolute atomic E-state index is 9.61. The summed E-state index contributed by atoms with van der Waals surface area (Å²) in [5.41, 5.74) is 2.26. The van der Waals surface area contributed by atoms with Crippen LogP contribution in [0.1, 0.15) is 51.6 Å². The minimum Gasteiger partial charge on any atom is -0.508 e. The number of carbonyl (C=O) groups is 1. The Bertz CT molecular complexity index is 842. The van der Waals surface area contributed by atoms with E-state index in [9.17, 15) is 9.90 Å². The van der Waals surface area contributed by atoms with Gasteiger partial charge in [-0.2, -0.15) is 0 Å². The van der Waals surface area contributed by atoms with Crippen molar-refractivity contribution < 1.29 is 19.4 Å². The first-order valence-electron chi connectivity index (χ1n) is 10.1. The van der Waals surface area contributed by atoms with Crippen molar-refractivity contribution in [2.24, 2.45) is 0 Å². The highest BCUT2D eigenvalue weighted by Crippen LogP contribution is 2.42. The van der Waals surface area contributed by atoms with Crippen LogP contribution in [0.15, 0.2) is 24.4 Å². The van der Waals surface area contributed by atoms with Crippen molar-refractivity contribution in [2.75, 3.05) is 26.7 Å². The zero-order chi connectivity index (χ0) is 21.1. The van der Waals surface area contributed by atoms with E-state index in [-0.39, 0.29) is 17.0 Å². The van der Waals surface area contributed by atoms with E-state index in [1.807, 2.05) is 27.0 Å². The minimum atomic E-state index is -0.318. The Morgan fingerprint density at radius 3 is 2.62 bits per heavy atom. The molecule has 0 bridgehead atoms. The number of nitrogens with zero attached hydrogens (tertiary/aromatic N) is 3. The molecule has 1 aromatic heterocycles. The van der Waals surface area contributed by atoms with Gasteiger partial charge < -0.3 is 19.5 Å². The third kappa shape index (κ3) is 5.64. The van der Waals surface area contributed by atoms with E-state index in [1.54, 1.807) is 18.2 Å². The third-order valence-corrected chi connectivity index (χ3v) is 5.47. The molecule has 1 spiro atoms. The van der Waals surface area contributed by atoms with Crippen LogP contribution in [0.3, 0.4) is 0 Å². The SMILES string of the molecule is CC(C)(C)OC=O.CN1CCC2(CC1)CC(c1cnc3ccc(O)cc3n1)CO2. The fourth-order valence-electron chi connectivity index (χ4n) is 3.76. The van der Waals surface area contributed by atoms with Crippen molar-refractivity contribution in [3.05, 3.63) is 30.1 Å². The van der Waals surface area contributed by atoms with E-state index >= 15 is 0 Å². The Labute approximate surface area is 172 Å². The second kappa shape index (κ2) is 8.63. The van der Waals surface area contributed by atoms with Gasteiger partial charge in [-0.3, -0.25) is 9.78 Å². The Morgan fingerprint density at radius 1 is 1.28 bits per heavy atom. The first-order valence-corrected chi connectivity index (χ1v) is 10.1. The molecular weight excluding hydrogens is 370 g/mol. The summed E-state index contributed by atoms with van der Waals surface area (Å²) in [6, 6.07) is 5.11. The molecular formula is C22H31N3O4. The number of aromatic hydroxyl groups is 1.